The van der Waals surface area contributed by atoms with E-state index >= 15 is 0 Å². The number of aliphatic hydroxyl groups excluding tert-OH is 1. The minimum absolute atomic E-state index is 0.0169. The van der Waals surface area contributed by atoms with Gasteiger partial charge in [-0.1, -0.05) is 48.3 Å². The average Bonchev–Trinajstić information content (AvgIpc) is 3.44. The van der Waals surface area contributed by atoms with E-state index in [1.165, 1.54) is 11.0 Å². The Kier molecular flexibility index (Phi) is 8.46. The van der Waals surface area contributed by atoms with E-state index in [-0.39, 0.29) is 27.9 Å². The second-order valence-electron chi connectivity index (χ2n) is 8.43. The molecule has 4 rings (SSSR count). The molecule has 1 atom stereocenters. The number of carbonyl (C=O) groups excluding carboxylic acids is 3. The van der Waals surface area contributed by atoms with Gasteiger partial charge in [-0.25, -0.2) is 9.78 Å². The minimum Gasteiger partial charge on any atom is -0.507 e. The van der Waals surface area contributed by atoms with Crippen LogP contribution in [0, 0.1) is 6.92 Å². The van der Waals surface area contributed by atoms with Crippen molar-refractivity contribution in [2.75, 3.05) is 24.7 Å². The topological polar surface area (TPSA) is 115 Å². The molecule has 1 aromatic heterocycles. The maximum Gasteiger partial charge on any atom is 0.350 e. The van der Waals surface area contributed by atoms with Crippen LogP contribution in [0.5, 0.6) is 11.5 Å². The van der Waals surface area contributed by atoms with Gasteiger partial charge in [0.05, 0.1) is 30.5 Å². The number of carbonyl (C=O) groups is 3. The summed E-state index contributed by atoms with van der Waals surface area (Å²) in [5, 5.41) is 11.5. The van der Waals surface area contributed by atoms with E-state index < -0.39 is 23.7 Å². The number of benzene rings is 2. The lowest BCUT2D eigenvalue weighted by Crippen LogP contribution is -2.29. The molecule has 202 valence electrons. The summed E-state index contributed by atoms with van der Waals surface area (Å²) in [7, 11) is 0. The van der Waals surface area contributed by atoms with Crippen LogP contribution in [0.4, 0.5) is 5.13 Å². The second-order valence-corrected chi connectivity index (χ2v) is 9.41. The van der Waals surface area contributed by atoms with Gasteiger partial charge >= 0.3 is 11.9 Å². The highest BCUT2D eigenvalue weighted by Crippen LogP contribution is 2.44. The van der Waals surface area contributed by atoms with E-state index in [0.717, 1.165) is 11.3 Å². The van der Waals surface area contributed by atoms with Gasteiger partial charge in [0.2, 0.25) is 0 Å². The second kappa shape index (κ2) is 12.0. The van der Waals surface area contributed by atoms with Gasteiger partial charge in [-0.3, -0.25) is 14.5 Å². The van der Waals surface area contributed by atoms with Crippen LogP contribution in [0.1, 0.15) is 46.4 Å². The van der Waals surface area contributed by atoms with Crippen molar-refractivity contribution < 1.29 is 33.7 Å². The molecule has 1 unspecified atom stereocenters. The van der Waals surface area contributed by atoms with Crippen LogP contribution in [0.2, 0.25) is 0 Å². The number of amides is 1. The van der Waals surface area contributed by atoms with E-state index in [1.54, 1.807) is 55.5 Å². The first kappa shape index (κ1) is 27.6. The lowest BCUT2D eigenvalue weighted by Gasteiger charge is -2.23. The number of hydrogen-bond acceptors (Lipinski definition) is 9. The molecule has 2 heterocycles. The molecule has 0 bridgehead atoms. The Morgan fingerprint density at radius 3 is 2.46 bits per heavy atom. The molecule has 3 aromatic rings. The molecule has 39 heavy (non-hydrogen) atoms. The molecular weight excluding hydrogens is 520 g/mol. The van der Waals surface area contributed by atoms with Crippen LogP contribution >= 0.6 is 11.3 Å². The highest BCUT2D eigenvalue weighted by Gasteiger charge is 2.48. The fraction of sp³-hybridized carbons (Fsp3) is 0.241. The smallest absolute Gasteiger partial charge is 0.350 e. The maximum atomic E-state index is 13.5. The van der Waals surface area contributed by atoms with Crippen molar-refractivity contribution in [3.8, 4) is 11.5 Å². The molecule has 1 aliphatic rings. The van der Waals surface area contributed by atoms with Crippen molar-refractivity contribution in [1.82, 2.24) is 4.98 Å². The van der Waals surface area contributed by atoms with Gasteiger partial charge in [-0.05, 0) is 50.6 Å². The molecule has 10 heteroatoms. The summed E-state index contributed by atoms with van der Waals surface area (Å²) in [6.07, 6.45) is 1.44. The molecule has 2 aromatic carbocycles. The van der Waals surface area contributed by atoms with E-state index in [1.807, 2.05) is 13.8 Å². The fourth-order valence-electron chi connectivity index (χ4n) is 4.19. The normalized spacial score (nSPS) is 16.3. The zero-order valence-corrected chi connectivity index (χ0v) is 22.6. The zero-order valence-electron chi connectivity index (χ0n) is 21.8. The van der Waals surface area contributed by atoms with Crippen LogP contribution in [-0.2, 0) is 14.3 Å². The van der Waals surface area contributed by atoms with Crippen LogP contribution in [0.15, 0.2) is 66.8 Å². The van der Waals surface area contributed by atoms with Crippen LogP contribution in [-0.4, -0.2) is 47.6 Å². The van der Waals surface area contributed by atoms with Crippen LogP contribution in [0.3, 0.4) is 0 Å². The molecular formula is C29H28N2O7S. The predicted molar refractivity (Wildman–Crippen MR) is 147 cm³/mol. The first-order chi connectivity index (χ1) is 18.8. The molecule has 1 saturated heterocycles. The Morgan fingerprint density at radius 1 is 1.10 bits per heavy atom. The summed E-state index contributed by atoms with van der Waals surface area (Å²) in [6.45, 7) is 9.76. The number of ether oxygens (including phenoxy) is 3. The van der Waals surface area contributed by atoms with Crippen molar-refractivity contribution in [2.24, 2.45) is 0 Å². The Bertz CT molecular complexity index is 1440. The number of Topliss-reactive ketones (excluding diaryl/α,β-unsaturated/α-hetero) is 1. The molecule has 0 spiro atoms. The Hall–Kier alpha value is -4.44. The standard InChI is InChI=1S/C29H28N2O7S/c1-5-15-38-28(35)26-17(4)30-29(39-26)31-23(18-11-13-20(14-12-18)36-6-2)22(25(33)27(31)34)24(32)19-9-8-10-21(16-19)37-7-3/h5,8-14,16,23,32H,1,6-7,15H2,2-4H3. The molecule has 1 fully saturated rings. The Morgan fingerprint density at radius 2 is 1.79 bits per heavy atom. The molecule has 0 radical (unpaired) electrons. The highest BCUT2D eigenvalue weighted by molar-refractivity contribution is 7.17. The molecule has 0 saturated carbocycles. The van der Waals surface area contributed by atoms with Crippen LogP contribution < -0.4 is 14.4 Å². The number of rotatable bonds is 10. The lowest BCUT2D eigenvalue weighted by atomic mass is 9.95. The summed E-state index contributed by atoms with van der Waals surface area (Å²) in [6, 6.07) is 12.5. The number of anilines is 1. The molecule has 1 amide bonds. The number of aryl methyl sites for hydroxylation is 1. The van der Waals surface area contributed by atoms with E-state index in [0.29, 0.717) is 41.5 Å². The number of thiazole rings is 1. The van der Waals surface area contributed by atoms with Gasteiger partial charge in [0, 0.05) is 5.56 Å². The predicted octanol–water partition coefficient (Wildman–Crippen LogP) is 5.22. The van der Waals surface area contributed by atoms with E-state index in [4.69, 9.17) is 14.2 Å². The summed E-state index contributed by atoms with van der Waals surface area (Å²) in [5.74, 6) is -1.60. The number of aliphatic hydroxyl groups is 1. The average molecular weight is 549 g/mol. The van der Waals surface area contributed by atoms with Crippen molar-refractivity contribution >= 4 is 39.9 Å². The summed E-state index contributed by atoms with van der Waals surface area (Å²) in [5.41, 5.74) is 1.10. The van der Waals surface area contributed by atoms with Crippen LogP contribution in [0.25, 0.3) is 5.76 Å². The van der Waals surface area contributed by atoms with Crippen molar-refractivity contribution in [1.29, 1.82) is 0 Å². The third-order valence-electron chi connectivity index (χ3n) is 5.88. The van der Waals surface area contributed by atoms with E-state index in [9.17, 15) is 19.5 Å². The molecule has 9 nitrogen and oxygen atoms in total. The van der Waals surface area contributed by atoms with Gasteiger partial charge in [-0.15, -0.1) is 0 Å². The first-order valence-corrected chi connectivity index (χ1v) is 13.1. The summed E-state index contributed by atoms with van der Waals surface area (Å²) >= 11 is 0.933. The van der Waals surface area contributed by atoms with Gasteiger partial charge in [0.15, 0.2) is 5.13 Å². The lowest BCUT2D eigenvalue weighted by molar-refractivity contribution is -0.132. The van der Waals surface area contributed by atoms with Gasteiger partial charge in [0.25, 0.3) is 5.78 Å². The van der Waals surface area contributed by atoms with Gasteiger partial charge in [0.1, 0.15) is 28.7 Å². The number of hydrogen-bond donors (Lipinski definition) is 1. The quantitative estimate of drug-likeness (QED) is 0.121. The van der Waals surface area contributed by atoms with Gasteiger partial charge in [-0.2, -0.15) is 0 Å². The number of nitrogens with zero attached hydrogens (tertiary/aromatic N) is 2. The van der Waals surface area contributed by atoms with Crippen molar-refractivity contribution in [2.45, 2.75) is 26.8 Å². The number of aromatic nitrogens is 1. The third kappa shape index (κ3) is 5.56. The number of ketones is 1. The van der Waals surface area contributed by atoms with Crippen molar-refractivity contribution in [3.63, 3.8) is 0 Å². The monoisotopic (exact) mass is 548 g/mol. The highest BCUT2D eigenvalue weighted by atomic mass is 32.1. The largest absolute Gasteiger partial charge is 0.507 e. The first-order valence-electron chi connectivity index (χ1n) is 12.3. The molecule has 0 aliphatic carbocycles. The van der Waals surface area contributed by atoms with Crippen molar-refractivity contribution in [3.05, 3.63) is 88.5 Å². The van der Waals surface area contributed by atoms with Gasteiger partial charge < -0.3 is 19.3 Å². The maximum absolute atomic E-state index is 13.5. The number of esters is 1. The SMILES string of the molecule is C=CCOC(=O)c1sc(N2C(=O)C(=O)C(=C(O)c3cccc(OCC)c3)C2c2ccc(OCC)cc2)nc1C. The Balaban J connectivity index is 1.87. The van der Waals surface area contributed by atoms with E-state index in [2.05, 4.69) is 11.6 Å². The summed E-state index contributed by atoms with van der Waals surface area (Å²) in [4.78, 5) is 45.3. The zero-order chi connectivity index (χ0) is 28.1. The Labute approximate surface area is 230 Å². The minimum atomic E-state index is -1.01. The molecule has 1 N–H and O–H groups in total. The molecule has 1 aliphatic heterocycles. The fourth-order valence-corrected chi connectivity index (χ4v) is 5.18. The third-order valence-corrected chi connectivity index (χ3v) is 7.02. The summed E-state index contributed by atoms with van der Waals surface area (Å²) < 4.78 is 16.2.